The smallest absolute Gasteiger partial charge is 0.258 e. The van der Waals surface area contributed by atoms with Gasteiger partial charge in [0.15, 0.2) is 0 Å². The predicted molar refractivity (Wildman–Crippen MR) is 75.2 cm³/mol. The monoisotopic (exact) mass is 296 g/mol. The maximum absolute atomic E-state index is 12.0. The van der Waals surface area contributed by atoms with Gasteiger partial charge in [-0.25, -0.2) is 4.98 Å². The Kier molecular flexibility index (Phi) is 4.24. The summed E-state index contributed by atoms with van der Waals surface area (Å²) in [6.45, 7) is 0. The Balaban J connectivity index is 2.22. The summed E-state index contributed by atoms with van der Waals surface area (Å²) in [5.74, 6) is 0.138. The van der Waals surface area contributed by atoms with Crippen molar-refractivity contribution >= 4 is 34.8 Å². The van der Waals surface area contributed by atoms with Crippen LogP contribution in [-0.4, -0.2) is 18.0 Å². The number of hydrogen-bond acceptors (Lipinski definition) is 3. The molecule has 0 atom stereocenters. The first-order valence-corrected chi connectivity index (χ1v) is 6.13. The molecule has 0 fully saturated rings. The summed E-state index contributed by atoms with van der Waals surface area (Å²) in [4.78, 5) is 15.9. The zero-order chi connectivity index (χ0) is 13.8. The van der Waals surface area contributed by atoms with E-state index in [1.807, 2.05) is 0 Å². The van der Waals surface area contributed by atoms with Gasteiger partial charge >= 0.3 is 0 Å². The second-order valence-corrected chi connectivity index (χ2v) is 4.41. The molecule has 1 heterocycles. The van der Waals surface area contributed by atoms with E-state index in [-0.39, 0.29) is 11.1 Å². The molecule has 0 aliphatic heterocycles. The number of hydrogen-bond donors (Lipinski definition) is 1. The van der Waals surface area contributed by atoms with Gasteiger partial charge in [-0.05, 0) is 24.3 Å². The highest BCUT2D eigenvalue weighted by molar-refractivity contribution is 6.33. The highest BCUT2D eigenvalue weighted by Gasteiger charge is 2.11. The van der Waals surface area contributed by atoms with E-state index in [0.717, 1.165) is 0 Å². The molecule has 0 saturated carbocycles. The van der Waals surface area contributed by atoms with E-state index in [0.29, 0.717) is 22.0 Å². The molecular weight excluding hydrogens is 287 g/mol. The predicted octanol–water partition coefficient (Wildman–Crippen LogP) is 3.65. The third-order valence-electron chi connectivity index (χ3n) is 2.41. The van der Waals surface area contributed by atoms with Crippen LogP contribution < -0.4 is 10.1 Å². The van der Waals surface area contributed by atoms with Crippen LogP contribution in [0.4, 0.5) is 5.69 Å². The Labute approximate surface area is 120 Å². The second-order valence-electron chi connectivity index (χ2n) is 3.65. The highest BCUT2D eigenvalue weighted by atomic mass is 35.5. The summed E-state index contributed by atoms with van der Waals surface area (Å²) in [7, 11) is 1.50. The topological polar surface area (TPSA) is 51.2 Å². The number of aromatic nitrogens is 1. The van der Waals surface area contributed by atoms with Gasteiger partial charge in [-0.2, -0.15) is 0 Å². The fraction of sp³-hybridized carbons (Fsp3) is 0.0769. The fourth-order valence-corrected chi connectivity index (χ4v) is 1.89. The molecule has 0 aliphatic rings. The maximum atomic E-state index is 12.0. The summed E-state index contributed by atoms with van der Waals surface area (Å²) in [5, 5.41) is 3.32. The first kappa shape index (κ1) is 13.6. The Bertz CT molecular complexity index is 617. The number of halogens is 2. The van der Waals surface area contributed by atoms with Crippen molar-refractivity contribution in [3.05, 3.63) is 52.3 Å². The number of benzene rings is 1. The molecule has 1 aromatic heterocycles. The first-order valence-electron chi connectivity index (χ1n) is 5.37. The van der Waals surface area contributed by atoms with Gasteiger partial charge in [0.05, 0.1) is 17.7 Å². The zero-order valence-electron chi connectivity index (χ0n) is 9.98. The minimum atomic E-state index is -0.345. The lowest BCUT2D eigenvalue weighted by Gasteiger charge is -2.08. The standard InChI is InChI=1S/C13H10Cl2N2O2/c1-19-11-7-8(4-5-10(11)14)17-13(18)9-3-2-6-16-12(9)15/h2-7H,1H3,(H,17,18). The van der Waals surface area contributed by atoms with Crippen LogP contribution >= 0.6 is 23.2 Å². The van der Waals surface area contributed by atoms with Gasteiger partial charge < -0.3 is 10.1 Å². The van der Waals surface area contributed by atoms with Crippen LogP contribution in [0.15, 0.2) is 36.5 Å². The molecule has 2 rings (SSSR count). The Morgan fingerprint density at radius 3 is 2.79 bits per heavy atom. The molecule has 19 heavy (non-hydrogen) atoms. The summed E-state index contributed by atoms with van der Waals surface area (Å²) in [6, 6.07) is 8.18. The lowest BCUT2D eigenvalue weighted by atomic mass is 10.2. The molecule has 6 heteroatoms. The van der Waals surface area contributed by atoms with Gasteiger partial charge in [0, 0.05) is 18.0 Å². The molecule has 0 saturated heterocycles. The summed E-state index contributed by atoms with van der Waals surface area (Å²) < 4.78 is 5.07. The van der Waals surface area contributed by atoms with E-state index in [2.05, 4.69) is 10.3 Å². The lowest BCUT2D eigenvalue weighted by molar-refractivity contribution is 0.102. The van der Waals surface area contributed by atoms with Gasteiger partial charge in [-0.1, -0.05) is 23.2 Å². The maximum Gasteiger partial charge on any atom is 0.258 e. The minimum Gasteiger partial charge on any atom is -0.495 e. The van der Waals surface area contributed by atoms with Gasteiger partial charge in [-0.15, -0.1) is 0 Å². The van der Waals surface area contributed by atoms with Crippen molar-refractivity contribution in [2.45, 2.75) is 0 Å². The van der Waals surface area contributed by atoms with Crippen LogP contribution in [0.5, 0.6) is 5.75 Å². The SMILES string of the molecule is COc1cc(NC(=O)c2cccnc2Cl)ccc1Cl. The number of anilines is 1. The number of nitrogens with one attached hydrogen (secondary N) is 1. The number of rotatable bonds is 3. The lowest BCUT2D eigenvalue weighted by Crippen LogP contribution is -2.12. The van der Waals surface area contributed by atoms with Crippen LogP contribution in [0.3, 0.4) is 0 Å². The van der Waals surface area contributed by atoms with E-state index in [1.165, 1.54) is 13.3 Å². The Morgan fingerprint density at radius 2 is 2.11 bits per heavy atom. The molecule has 0 aliphatic carbocycles. The van der Waals surface area contributed by atoms with E-state index in [9.17, 15) is 4.79 Å². The average molecular weight is 297 g/mol. The van der Waals surface area contributed by atoms with Crippen molar-refractivity contribution in [3.63, 3.8) is 0 Å². The third kappa shape index (κ3) is 3.16. The van der Waals surface area contributed by atoms with Gasteiger partial charge in [-0.3, -0.25) is 4.79 Å². The molecule has 1 amide bonds. The van der Waals surface area contributed by atoms with Gasteiger partial charge in [0.1, 0.15) is 10.9 Å². The summed E-state index contributed by atoms with van der Waals surface area (Å²) in [6.07, 6.45) is 1.52. The molecule has 4 nitrogen and oxygen atoms in total. The van der Waals surface area contributed by atoms with Gasteiger partial charge in [0.25, 0.3) is 5.91 Å². The largest absolute Gasteiger partial charge is 0.495 e. The van der Waals surface area contributed by atoms with Crippen molar-refractivity contribution in [1.82, 2.24) is 4.98 Å². The molecule has 0 radical (unpaired) electrons. The number of nitrogens with zero attached hydrogens (tertiary/aromatic N) is 1. The molecule has 0 bridgehead atoms. The molecule has 0 unspecified atom stereocenters. The number of carbonyl (C=O) groups excluding carboxylic acids is 1. The minimum absolute atomic E-state index is 0.154. The molecule has 98 valence electrons. The van der Waals surface area contributed by atoms with Crippen molar-refractivity contribution in [2.75, 3.05) is 12.4 Å². The van der Waals surface area contributed by atoms with E-state index >= 15 is 0 Å². The summed E-state index contributed by atoms with van der Waals surface area (Å²) >= 11 is 11.8. The van der Waals surface area contributed by atoms with Crippen molar-refractivity contribution in [3.8, 4) is 5.75 Å². The van der Waals surface area contributed by atoms with Crippen LogP contribution in [0, 0.1) is 0 Å². The highest BCUT2D eigenvalue weighted by Crippen LogP contribution is 2.27. The molecule has 1 N–H and O–H groups in total. The average Bonchev–Trinajstić information content (AvgIpc) is 2.41. The molecule has 0 spiro atoms. The van der Waals surface area contributed by atoms with Crippen LogP contribution in [0.2, 0.25) is 10.2 Å². The Morgan fingerprint density at radius 1 is 1.32 bits per heavy atom. The fourth-order valence-electron chi connectivity index (χ4n) is 1.49. The molecule has 2 aromatic rings. The first-order chi connectivity index (χ1) is 9.11. The molecule has 1 aromatic carbocycles. The number of amides is 1. The number of ether oxygens (including phenoxy) is 1. The van der Waals surface area contributed by atoms with Crippen LogP contribution in [-0.2, 0) is 0 Å². The van der Waals surface area contributed by atoms with Gasteiger partial charge in [0.2, 0.25) is 0 Å². The number of pyridine rings is 1. The molecular formula is C13H10Cl2N2O2. The number of carbonyl (C=O) groups is 1. The van der Waals surface area contributed by atoms with Crippen LogP contribution in [0.1, 0.15) is 10.4 Å². The van der Waals surface area contributed by atoms with Crippen molar-refractivity contribution < 1.29 is 9.53 Å². The van der Waals surface area contributed by atoms with E-state index < -0.39 is 0 Å². The Hall–Kier alpha value is -1.78. The van der Waals surface area contributed by atoms with E-state index in [4.69, 9.17) is 27.9 Å². The normalized spacial score (nSPS) is 10.1. The number of methoxy groups -OCH3 is 1. The van der Waals surface area contributed by atoms with Crippen LogP contribution in [0.25, 0.3) is 0 Å². The van der Waals surface area contributed by atoms with Crippen molar-refractivity contribution in [1.29, 1.82) is 0 Å². The van der Waals surface area contributed by atoms with Crippen molar-refractivity contribution in [2.24, 2.45) is 0 Å². The summed E-state index contributed by atoms with van der Waals surface area (Å²) in [5.41, 5.74) is 0.865. The third-order valence-corrected chi connectivity index (χ3v) is 3.03. The quantitative estimate of drug-likeness (QED) is 0.880. The van der Waals surface area contributed by atoms with E-state index in [1.54, 1.807) is 30.3 Å². The second kappa shape index (κ2) is 5.91. The zero-order valence-corrected chi connectivity index (χ0v) is 11.5.